The van der Waals surface area contributed by atoms with Gasteiger partial charge in [0, 0.05) is 9.52 Å². The average molecular weight is 182 g/mol. The Morgan fingerprint density at radius 3 is 2.00 bits per heavy atom. The maximum Gasteiger partial charge on any atom is 0.317 e. The summed E-state index contributed by atoms with van der Waals surface area (Å²) >= 11 is 0. The molecule has 0 spiro atoms. The van der Waals surface area contributed by atoms with Crippen molar-refractivity contribution in [3.05, 3.63) is 0 Å². The Labute approximate surface area is 72.3 Å². The number of rotatable bonds is 0. The number of fused-ring (bicyclic) bond motifs is 4. The van der Waals surface area contributed by atoms with Crippen molar-refractivity contribution in [3.8, 4) is 0 Å². The summed E-state index contributed by atoms with van der Waals surface area (Å²) in [5.74, 6) is -0.617. The molecule has 3 aliphatic rings. The molecule has 0 bridgehead atoms. The Morgan fingerprint density at radius 2 is 1.58 bits per heavy atom. The molecule has 2 heterocycles. The maximum absolute atomic E-state index is 11.2. The monoisotopic (exact) mass is 182 g/mol. The van der Waals surface area contributed by atoms with Crippen molar-refractivity contribution in [2.24, 2.45) is 11.8 Å². The van der Waals surface area contributed by atoms with Gasteiger partial charge in [0.25, 0.3) is 0 Å². The van der Waals surface area contributed by atoms with Gasteiger partial charge in [-0.05, 0) is 10.1 Å². The van der Waals surface area contributed by atoms with Crippen LogP contribution in [0.4, 0.5) is 0 Å². The van der Waals surface area contributed by atoms with Gasteiger partial charge in [0.05, 0.1) is 11.8 Å². The molecule has 1 aliphatic carbocycles. The van der Waals surface area contributed by atoms with Crippen LogP contribution in [0.1, 0.15) is 13.8 Å². The fourth-order valence-electron chi connectivity index (χ4n) is 3.31. The zero-order valence-corrected chi connectivity index (χ0v) is 8.50. The molecular formula is C8H10O3Si. The second-order valence-corrected chi connectivity index (χ2v) is 8.00. The highest BCUT2D eigenvalue weighted by molar-refractivity contribution is 6.64. The Morgan fingerprint density at radius 1 is 1.17 bits per heavy atom. The lowest BCUT2D eigenvalue weighted by Gasteiger charge is -2.39. The van der Waals surface area contributed by atoms with Gasteiger partial charge < -0.3 is 4.74 Å². The fraction of sp³-hybridized carbons (Fsp3) is 0.750. The van der Waals surface area contributed by atoms with Gasteiger partial charge in [-0.1, -0.05) is 13.8 Å². The third kappa shape index (κ3) is 0.401. The summed E-state index contributed by atoms with van der Waals surface area (Å²) in [5, 5.41) is 0.446. The quantitative estimate of drug-likeness (QED) is 0.297. The molecule has 3 rings (SSSR count). The molecule has 0 aromatic heterocycles. The SMILES string of the molecule is CC12[SiH2]C1(C)C1C(=O)OC(=O)C12. The molecule has 0 N–H and O–H groups in total. The highest BCUT2D eigenvalue weighted by Gasteiger charge is 2.86. The second-order valence-electron chi connectivity index (χ2n) is 4.71. The van der Waals surface area contributed by atoms with Gasteiger partial charge in [-0.2, -0.15) is 0 Å². The molecule has 2 aliphatic heterocycles. The van der Waals surface area contributed by atoms with E-state index in [2.05, 4.69) is 18.6 Å². The van der Waals surface area contributed by atoms with Crippen LogP contribution in [-0.2, 0) is 14.3 Å². The summed E-state index contributed by atoms with van der Waals surface area (Å²) in [6.07, 6.45) is 0. The minimum atomic E-state index is -0.255. The molecule has 0 aromatic carbocycles. The normalized spacial score (nSPS) is 62.2. The van der Waals surface area contributed by atoms with E-state index in [0.717, 1.165) is 0 Å². The first kappa shape index (κ1) is 6.83. The number of esters is 2. The molecule has 0 radical (unpaired) electrons. The van der Waals surface area contributed by atoms with Gasteiger partial charge >= 0.3 is 11.9 Å². The van der Waals surface area contributed by atoms with E-state index in [0.29, 0.717) is 0 Å². The number of hydrogen-bond donors (Lipinski definition) is 0. The highest BCUT2D eigenvalue weighted by Crippen LogP contribution is 2.89. The summed E-state index contributed by atoms with van der Waals surface area (Å²) in [6, 6.07) is 0. The Hall–Kier alpha value is -0.643. The predicted octanol–water partition coefficient (Wildman–Crippen LogP) is -0.145. The van der Waals surface area contributed by atoms with Crippen LogP contribution >= 0.6 is 0 Å². The largest absolute Gasteiger partial charge is 0.393 e. The number of cyclic esters (lactones) is 2. The molecule has 64 valence electrons. The van der Waals surface area contributed by atoms with Crippen LogP contribution in [0.25, 0.3) is 0 Å². The second kappa shape index (κ2) is 1.41. The molecule has 2 saturated heterocycles. The van der Waals surface area contributed by atoms with Crippen molar-refractivity contribution in [2.45, 2.75) is 23.9 Å². The van der Waals surface area contributed by atoms with E-state index in [9.17, 15) is 9.59 Å². The van der Waals surface area contributed by atoms with Gasteiger partial charge in [-0.15, -0.1) is 0 Å². The standard InChI is InChI=1S/C8H10O3Si/c1-7-3-4(8(7,2)12-7)6(10)11-5(3)9/h3-4H,12H2,1-2H3. The highest BCUT2D eigenvalue weighted by atomic mass is 28.2. The van der Waals surface area contributed by atoms with Gasteiger partial charge in [0.15, 0.2) is 0 Å². The van der Waals surface area contributed by atoms with E-state index >= 15 is 0 Å². The van der Waals surface area contributed by atoms with Crippen molar-refractivity contribution in [1.82, 2.24) is 0 Å². The number of hydrogen-bond acceptors (Lipinski definition) is 3. The van der Waals surface area contributed by atoms with Crippen molar-refractivity contribution in [1.29, 1.82) is 0 Å². The first-order valence-corrected chi connectivity index (χ1v) is 5.68. The topological polar surface area (TPSA) is 43.4 Å². The molecule has 3 nitrogen and oxygen atoms in total. The van der Waals surface area contributed by atoms with E-state index in [-0.39, 0.29) is 43.4 Å². The van der Waals surface area contributed by atoms with Crippen molar-refractivity contribution in [2.75, 3.05) is 0 Å². The minimum absolute atomic E-state index is 0.0540. The van der Waals surface area contributed by atoms with Crippen LogP contribution in [0.3, 0.4) is 0 Å². The average Bonchev–Trinajstić information content (AvgIpc) is 2.36. The van der Waals surface area contributed by atoms with E-state index in [1.807, 2.05) is 0 Å². The van der Waals surface area contributed by atoms with E-state index in [4.69, 9.17) is 0 Å². The zero-order valence-electron chi connectivity index (χ0n) is 7.09. The molecule has 0 aromatic rings. The zero-order chi connectivity index (χ0) is 8.72. The predicted molar refractivity (Wildman–Crippen MR) is 43.4 cm³/mol. The number of carbonyl (C=O) groups is 2. The maximum atomic E-state index is 11.2. The summed E-state index contributed by atoms with van der Waals surface area (Å²) < 4.78 is 4.62. The summed E-state index contributed by atoms with van der Waals surface area (Å²) in [5.41, 5.74) is 0. The van der Waals surface area contributed by atoms with Crippen LogP contribution in [0.15, 0.2) is 0 Å². The van der Waals surface area contributed by atoms with Crippen LogP contribution < -0.4 is 0 Å². The fourth-order valence-corrected chi connectivity index (χ4v) is 6.43. The van der Waals surface area contributed by atoms with Crippen molar-refractivity contribution >= 4 is 21.5 Å². The van der Waals surface area contributed by atoms with Crippen LogP contribution in [0.2, 0.25) is 10.1 Å². The lowest BCUT2D eigenvalue weighted by Crippen LogP contribution is -2.37. The van der Waals surface area contributed by atoms with Gasteiger partial charge in [-0.25, -0.2) is 0 Å². The first-order valence-electron chi connectivity index (χ1n) is 4.26. The summed E-state index contributed by atoms with van der Waals surface area (Å²) in [6.45, 7) is 4.28. The number of ether oxygens (including phenoxy) is 1. The lowest BCUT2D eigenvalue weighted by atomic mass is 9.59. The molecule has 0 amide bonds. The third-order valence-corrected chi connectivity index (χ3v) is 7.79. The Kier molecular flexibility index (Phi) is 0.802. The summed E-state index contributed by atoms with van der Waals surface area (Å²) in [4.78, 5) is 22.4. The van der Waals surface area contributed by atoms with Crippen molar-refractivity contribution in [3.63, 3.8) is 0 Å². The minimum Gasteiger partial charge on any atom is -0.393 e. The molecular weight excluding hydrogens is 172 g/mol. The van der Waals surface area contributed by atoms with Crippen LogP contribution in [0, 0.1) is 11.8 Å². The van der Waals surface area contributed by atoms with Gasteiger partial charge in [-0.3, -0.25) is 9.59 Å². The van der Waals surface area contributed by atoms with E-state index < -0.39 is 0 Å². The van der Waals surface area contributed by atoms with E-state index in [1.54, 1.807) is 0 Å². The Bertz CT molecular complexity index is 296. The van der Waals surface area contributed by atoms with Gasteiger partial charge in [0.2, 0.25) is 0 Å². The lowest BCUT2D eigenvalue weighted by molar-refractivity contribution is -0.153. The Balaban J connectivity index is 2.08. The summed E-state index contributed by atoms with van der Waals surface area (Å²) in [7, 11) is -0.206. The van der Waals surface area contributed by atoms with Crippen LogP contribution in [-0.4, -0.2) is 21.5 Å². The first-order chi connectivity index (χ1) is 5.51. The number of carbonyl (C=O) groups excluding carboxylic acids is 2. The van der Waals surface area contributed by atoms with Crippen molar-refractivity contribution < 1.29 is 14.3 Å². The molecule has 4 unspecified atom stereocenters. The molecule has 4 atom stereocenters. The van der Waals surface area contributed by atoms with Gasteiger partial charge in [0.1, 0.15) is 0 Å². The molecule has 1 saturated carbocycles. The van der Waals surface area contributed by atoms with E-state index in [1.165, 1.54) is 0 Å². The van der Waals surface area contributed by atoms with Crippen LogP contribution in [0.5, 0.6) is 0 Å². The smallest absolute Gasteiger partial charge is 0.317 e. The molecule has 3 fully saturated rings. The molecule has 4 heteroatoms. The third-order valence-electron chi connectivity index (χ3n) is 4.33. The molecule has 12 heavy (non-hydrogen) atoms.